The van der Waals surface area contributed by atoms with Crippen molar-refractivity contribution in [1.29, 1.82) is 0 Å². The van der Waals surface area contributed by atoms with Crippen LogP contribution in [-0.2, 0) is 11.3 Å². The van der Waals surface area contributed by atoms with Crippen LogP contribution in [0, 0.1) is 11.2 Å². The minimum absolute atomic E-state index is 0.00717. The van der Waals surface area contributed by atoms with Gasteiger partial charge in [0.1, 0.15) is 5.82 Å². The van der Waals surface area contributed by atoms with Gasteiger partial charge in [-0.05, 0) is 48.9 Å². The first kappa shape index (κ1) is 17.6. The largest absolute Gasteiger partial charge is 0.351 e. The first-order valence-electron chi connectivity index (χ1n) is 8.33. The van der Waals surface area contributed by atoms with E-state index in [2.05, 4.69) is 5.32 Å². The van der Waals surface area contributed by atoms with Crippen LogP contribution in [0.3, 0.4) is 0 Å². The summed E-state index contributed by atoms with van der Waals surface area (Å²) in [6.07, 6.45) is 1.55. The van der Waals surface area contributed by atoms with E-state index in [1.165, 1.54) is 23.5 Å². The van der Waals surface area contributed by atoms with Crippen molar-refractivity contribution in [2.24, 2.45) is 5.41 Å². The van der Waals surface area contributed by atoms with Crippen molar-refractivity contribution in [3.05, 3.63) is 58.0 Å². The molecule has 3 rings (SSSR count). The molecular formula is C19H21FN2O2S. The minimum Gasteiger partial charge on any atom is -0.351 e. The third-order valence-electron chi connectivity index (χ3n) is 4.63. The molecular weight excluding hydrogens is 339 g/mol. The molecule has 132 valence electrons. The molecule has 1 atom stereocenters. The molecule has 1 saturated heterocycles. The maximum atomic E-state index is 12.9. The molecule has 1 N–H and O–H groups in total. The van der Waals surface area contributed by atoms with Crippen LogP contribution < -0.4 is 5.32 Å². The van der Waals surface area contributed by atoms with E-state index >= 15 is 0 Å². The molecule has 0 aliphatic carbocycles. The lowest BCUT2D eigenvalue weighted by Crippen LogP contribution is -2.51. The van der Waals surface area contributed by atoms with Crippen LogP contribution in [0.1, 0.15) is 35.0 Å². The van der Waals surface area contributed by atoms with Crippen LogP contribution in [-0.4, -0.2) is 29.8 Å². The lowest BCUT2D eigenvalue weighted by atomic mass is 9.80. The zero-order chi connectivity index (χ0) is 17.9. The van der Waals surface area contributed by atoms with Crippen LogP contribution >= 0.6 is 11.3 Å². The quantitative estimate of drug-likeness (QED) is 0.908. The number of carbonyl (C=O) groups excluding carboxylic acids is 2. The fourth-order valence-corrected chi connectivity index (χ4v) is 3.84. The number of benzene rings is 1. The summed E-state index contributed by atoms with van der Waals surface area (Å²) in [7, 11) is 0. The van der Waals surface area contributed by atoms with Crippen molar-refractivity contribution < 1.29 is 14.0 Å². The maximum absolute atomic E-state index is 12.9. The zero-order valence-corrected chi connectivity index (χ0v) is 14.9. The van der Waals surface area contributed by atoms with Crippen molar-refractivity contribution in [1.82, 2.24) is 10.2 Å². The second kappa shape index (κ2) is 7.35. The van der Waals surface area contributed by atoms with Gasteiger partial charge < -0.3 is 10.2 Å². The van der Waals surface area contributed by atoms with Crippen molar-refractivity contribution in [3.8, 4) is 0 Å². The van der Waals surface area contributed by atoms with Crippen molar-refractivity contribution in [2.75, 3.05) is 13.1 Å². The van der Waals surface area contributed by atoms with E-state index in [9.17, 15) is 14.0 Å². The number of likely N-dealkylation sites (tertiary alicyclic amines) is 1. The summed E-state index contributed by atoms with van der Waals surface area (Å²) in [5.74, 6) is -0.371. The molecule has 25 heavy (non-hydrogen) atoms. The number of hydrogen-bond donors (Lipinski definition) is 1. The molecule has 1 fully saturated rings. The second-order valence-electron chi connectivity index (χ2n) is 6.68. The van der Waals surface area contributed by atoms with Crippen molar-refractivity contribution in [3.63, 3.8) is 0 Å². The number of halogens is 1. The highest BCUT2D eigenvalue weighted by Gasteiger charge is 2.39. The lowest BCUT2D eigenvalue weighted by molar-refractivity contribution is -0.132. The van der Waals surface area contributed by atoms with Gasteiger partial charge >= 0.3 is 0 Å². The molecule has 1 aromatic carbocycles. The number of nitrogens with one attached hydrogen (secondary N) is 1. The zero-order valence-electron chi connectivity index (χ0n) is 14.1. The summed E-state index contributed by atoms with van der Waals surface area (Å²) < 4.78 is 12.9. The predicted octanol–water partition coefficient (Wildman–Crippen LogP) is 3.45. The number of nitrogens with zero attached hydrogens (tertiary/aromatic N) is 1. The van der Waals surface area contributed by atoms with Crippen LogP contribution in [0.5, 0.6) is 0 Å². The summed E-state index contributed by atoms with van der Waals surface area (Å²) in [5, 5.41) is 4.81. The van der Waals surface area contributed by atoms with Crippen LogP contribution in [0.25, 0.3) is 0 Å². The normalized spacial score (nSPS) is 20.3. The molecule has 0 saturated carbocycles. The van der Waals surface area contributed by atoms with Gasteiger partial charge in [0.25, 0.3) is 5.91 Å². The minimum atomic E-state index is -0.606. The average molecular weight is 360 g/mol. The van der Waals surface area contributed by atoms with Crippen LogP contribution in [0.15, 0.2) is 41.8 Å². The fourth-order valence-electron chi connectivity index (χ4n) is 3.15. The lowest BCUT2D eigenvalue weighted by Gasteiger charge is -2.39. The summed E-state index contributed by atoms with van der Waals surface area (Å²) >= 11 is 1.42. The number of carbonyl (C=O) groups is 2. The Morgan fingerprint density at radius 1 is 1.28 bits per heavy atom. The van der Waals surface area contributed by atoms with E-state index in [1.807, 2.05) is 24.4 Å². The van der Waals surface area contributed by atoms with Crippen molar-refractivity contribution in [2.45, 2.75) is 26.3 Å². The third-order valence-corrected chi connectivity index (χ3v) is 5.49. The molecule has 2 aromatic rings. The Morgan fingerprint density at radius 3 is 2.72 bits per heavy atom. The fraction of sp³-hybridized carbons (Fsp3) is 0.368. The van der Waals surface area contributed by atoms with E-state index in [4.69, 9.17) is 0 Å². The van der Waals surface area contributed by atoms with E-state index < -0.39 is 5.41 Å². The van der Waals surface area contributed by atoms with Gasteiger partial charge in [0.15, 0.2) is 0 Å². The Bertz CT molecular complexity index is 745. The van der Waals surface area contributed by atoms with Gasteiger partial charge in [-0.3, -0.25) is 9.59 Å². The number of hydrogen-bond acceptors (Lipinski definition) is 3. The molecule has 1 aliphatic rings. The summed E-state index contributed by atoms with van der Waals surface area (Å²) in [4.78, 5) is 27.7. The first-order valence-corrected chi connectivity index (χ1v) is 9.21. The van der Waals surface area contributed by atoms with Gasteiger partial charge in [0, 0.05) is 19.6 Å². The average Bonchev–Trinajstić information content (AvgIpc) is 3.15. The smallest absolute Gasteiger partial charge is 0.263 e. The summed E-state index contributed by atoms with van der Waals surface area (Å²) in [5.41, 5.74) is 0.242. The number of piperidine rings is 1. The van der Waals surface area contributed by atoms with E-state index in [-0.39, 0.29) is 17.6 Å². The first-order chi connectivity index (χ1) is 12.0. The standard InChI is InChI=1S/C19H21FN2O2S/c1-19(18(24)21-12-14-5-7-15(20)8-6-14)9-3-10-22(13-19)17(23)16-4-2-11-25-16/h2,4-8,11H,3,9-10,12-13H2,1H3,(H,21,24). The highest BCUT2D eigenvalue weighted by molar-refractivity contribution is 7.12. The third kappa shape index (κ3) is 4.07. The molecule has 2 heterocycles. The Kier molecular flexibility index (Phi) is 5.18. The number of thiophene rings is 1. The Morgan fingerprint density at radius 2 is 2.04 bits per heavy atom. The van der Waals surface area contributed by atoms with Gasteiger partial charge in [-0.2, -0.15) is 0 Å². The van der Waals surface area contributed by atoms with Crippen LogP contribution in [0.2, 0.25) is 0 Å². The van der Waals surface area contributed by atoms with Crippen molar-refractivity contribution >= 4 is 23.2 Å². The molecule has 1 aromatic heterocycles. The summed E-state index contributed by atoms with van der Waals surface area (Å²) in [6, 6.07) is 9.75. The summed E-state index contributed by atoms with van der Waals surface area (Å²) in [6.45, 7) is 3.35. The molecule has 0 radical (unpaired) electrons. The van der Waals surface area contributed by atoms with E-state index in [0.29, 0.717) is 24.5 Å². The highest BCUT2D eigenvalue weighted by Crippen LogP contribution is 2.31. The topological polar surface area (TPSA) is 49.4 Å². The molecule has 6 heteroatoms. The van der Waals surface area contributed by atoms with Gasteiger partial charge in [0.05, 0.1) is 10.3 Å². The molecule has 0 spiro atoms. The van der Waals surface area contributed by atoms with Crippen LogP contribution in [0.4, 0.5) is 4.39 Å². The monoisotopic (exact) mass is 360 g/mol. The predicted molar refractivity (Wildman–Crippen MR) is 95.8 cm³/mol. The van der Waals surface area contributed by atoms with Gasteiger partial charge in [-0.25, -0.2) is 4.39 Å². The molecule has 1 aliphatic heterocycles. The Balaban J connectivity index is 1.62. The van der Waals surface area contributed by atoms with E-state index in [1.54, 1.807) is 17.0 Å². The molecule has 1 unspecified atom stereocenters. The Hall–Kier alpha value is -2.21. The molecule has 0 bridgehead atoms. The second-order valence-corrected chi connectivity index (χ2v) is 7.63. The highest BCUT2D eigenvalue weighted by atomic mass is 32.1. The maximum Gasteiger partial charge on any atom is 0.263 e. The van der Waals surface area contributed by atoms with Gasteiger partial charge in [-0.15, -0.1) is 11.3 Å². The number of rotatable bonds is 4. The SMILES string of the molecule is CC1(C(=O)NCc2ccc(F)cc2)CCCN(C(=O)c2cccs2)C1. The van der Waals surface area contributed by atoms with Gasteiger partial charge in [0.2, 0.25) is 5.91 Å². The molecule has 4 nitrogen and oxygen atoms in total. The number of amides is 2. The van der Waals surface area contributed by atoms with Gasteiger partial charge in [-0.1, -0.05) is 18.2 Å². The molecule has 2 amide bonds. The van der Waals surface area contributed by atoms with E-state index in [0.717, 1.165) is 18.4 Å². The Labute approximate surface area is 150 Å².